The lowest BCUT2D eigenvalue weighted by Gasteiger charge is -2.09. The number of rotatable bonds is 4. The highest BCUT2D eigenvalue weighted by Crippen LogP contribution is 2.35. The predicted octanol–water partition coefficient (Wildman–Crippen LogP) is 4.35. The molecule has 1 aromatic carbocycles. The first kappa shape index (κ1) is 22.3. The van der Waals surface area contributed by atoms with Crippen LogP contribution >= 0.6 is 23.2 Å². The van der Waals surface area contributed by atoms with Crippen molar-refractivity contribution in [3.05, 3.63) is 51.8 Å². The Hall–Kier alpha value is -2.87. The van der Waals surface area contributed by atoms with Gasteiger partial charge in [0.2, 0.25) is 5.82 Å². The van der Waals surface area contributed by atoms with E-state index in [1.807, 2.05) is 0 Å². The fraction of sp³-hybridized carbons (Fsp3) is 0.118. The molecule has 15 heteroatoms. The summed E-state index contributed by atoms with van der Waals surface area (Å²) in [6.07, 6.45) is -2.57. The van der Waals surface area contributed by atoms with E-state index < -0.39 is 27.6 Å². The minimum Gasteiger partial charge on any atom is -0.398 e. The lowest BCUT2D eigenvalue weighted by molar-refractivity contribution is -0.137. The fourth-order valence-electron chi connectivity index (χ4n) is 2.89. The topological polar surface area (TPSA) is 137 Å². The normalized spacial score (nSPS) is 12.6. The van der Waals surface area contributed by atoms with Gasteiger partial charge in [-0.3, -0.25) is 4.55 Å². The second-order valence-electron chi connectivity index (χ2n) is 6.58. The summed E-state index contributed by atoms with van der Waals surface area (Å²) in [5, 5.41) is 3.40. The van der Waals surface area contributed by atoms with Gasteiger partial charge >= 0.3 is 6.18 Å². The van der Waals surface area contributed by atoms with Gasteiger partial charge in [0, 0.05) is 29.2 Å². The van der Waals surface area contributed by atoms with Crippen LogP contribution < -0.4 is 5.73 Å². The molecule has 0 saturated carbocycles. The Morgan fingerprint density at radius 2 is 1.91 bits per heavy atom. The number of benzene rings is 1. The second-order valence-corrected chi connectivity index (χ2v) is 8.81. The van der Waals surface area contributed by atoms with Crippen LogP contribution in [0.1, 0.15) is 11.1 Å². The molecule has 0 aliphatic rings. The first-order valence-electron chi connectivity index (χ1n) is 8.45. The number of halogens is 5. The summed E-state index contributed by atoms with van der Waals surface area (Å²) in [4.78, 5) is 8.24. The van der Waals surface area contributed by atoms with Crippen LogP contribution in [0.2, 0.25) is 10.0 Å². The van der Waals surface area contributed by atoms with Gasteiger partial charge in [0.05, 0.1) is 15.6 Å². The van der Waals surface area contributed by atoms with E-state index in [-0.39, 0.29) is 49.9 Å². The van der Waals surface area contributed by atoms with Gasteiger partial charge in [-0.2, -0.15) is 26.6 Å². The third-order valence-electron chi connectivity index (χ3n) is 4.33. The average molecular weight is 508 g/mol. The molecule has 0 spiro atoms. The minimum atomic E-state index is -4.61. The third-order valence-corrected chi connectivity index (χ3v) is 5.69. The quantitative estimate of drug-likeness (QED) is 0.307. The molecule has 3 aromatic heterocycles. The highest BCUT2D eigenvalue weighted by Gasteiger charge is 2.32. The Morgan fingerprint density at radius 1 is 1.19 bits per heavy atom. The summed E-state index contributed by atoms with van der Waals surface area (Å²) in [7, 11) is -4.43. The number of aromatic nitrogens is 4. The van der Waals surface area contributed by atoms with Gasteiger partial charge in [-0.1, -0.05) is 28.4 Å². The van der Waals surface area contributed by atoms with Crippen molar-refractivity contribution in [1.82, 2.24) is 19.5 Å². The lowest BCUT2D eigenvalue weighted by Crippen LogP contribution is -2.06. The Balaban J connectivity index is 1.76. The molecule has 4 rings (SSSR count). The molecule has 3 N–H and O–H groups in total. The molecule has 3 heterocycles. The van der Waals surface area contributed by atoms with Crippen molar-refractivity contribution in [2.75, 3.05) is 5.73 Å². The van der Waals surface area contributed by atoms with Crippen LogP contribution in [-0.2, 0) is 22.0 Å². The molecule has 0 amide bonds. The van der Waals surface area contributed by atoms with Crippen molar-refractivity contribution < 1.29 is 30.7 Å². The first-order valence-corrected chi connectivity index (χ1v) is 10.8. The summed E-state index contributed by atoms with van der Waals surface area (Å²) in [5.74, 6) is -1.05. The largest absolute Gasteiger partial charge is 0.417 e. The second kappa shape index (κ2) is 7.62. The maximum absolute atomic E-state index is 13.0. The van der Waals surface area contributed by atoms with Crippen molar-refractivity contribution in [3.63, 3.8) is 0 Å². The van der Waals surface area contributed by atoms with Crippen LogP contribution in [0.25, 0.3) is 28.6 Å². The molecule has 0 atom stereocenters. The van der Waals surface area contributed by atoms with Crippen molar-refractivity contribution in [3.8, 4) is 23.0 Å². The van der Waals surface area contributed by atoms with Gasteiger partial charge < -0.3 is 14.7 Å². The molecule has 0 unspecified atom stereocenters. The van der Waals surface area contributed by atoms with E-state index in [0.717, 1.165) is 16.7 Å². The van der Waals surface area contributed by atoms with Crippen molar-refractivity contribution in [1.29, 1.82) is 0 Å². The highest BCUT2D eigenvalue weighted by molar-refractivity contribution is 7.85. The van der Waals surface area contributed by atoms with Crippen LogP contribution in [0.5, 0.6) is 0 Å². The Morgan fingerprint density at radius 3 is 2.56 bits per heavy atom. The zero-order chi connectivity index (χ0) is 23.4. The lowest BCUT2D eigenvalue weighted by atomic mass is 10.1. The van der Waals surface area contributed by atoms with Crippen LogP contribution in [0.15, 0.2) is 35.1 Å². The van der Waals surface area contributed by atoms with Gasteiger partial charge in [-0.15, -0.1) is 0 Å². The van der Waals surface area contributed by atoms with E-state index in [1.54, 1.807) is 0 Å². The molecule has 0 saturated heterocycles. The Labute approximate surface area is 187 Å². The van der Waals surface area contributed by atoms with Crippen LogP contribution in [0.3, 0.4) is 0 Å². The maximum Gasteiger partial charge on any atom is 0.417 e. The monoisotopic (exact) mass is 507 g/mol. The van der Waals surface area contributed by atoms with Gasteiger partial charge in [0.25, 0.3) is 16.0 Å². The standard InChI is InChI=1S/C17H10Cl2F3N5O4S/c18-10-3-7(17(20,21)22)4-27-5-12(24-15(10)27)16-25-14(26-31-16)8-1-2-11(23)9(13(8)19)6-32(28,29)30/h1-5H,6,23H2,(H,28,29,30). The molecule has 0 radical (unpaired) electrons. The molecule has 0 bridgehead atoms. The number of hydrogen-bond acceptors (Lipinski definition) is 7. The Kier molecular flexibility index (Phi) is 5.32. The zero-order valence-electron chi connectivity index (χ0n) is 15.4. The molecule has 168 valence electrons. The van der Waals surface area contributed by atoms with E-state index in [9.17, 15) is 21.6 Å². The number of nitrogens with two attached hydrogens (primary N) is 1. The molecule has 0 fully saturated rings. The highest BCUT2D eigenvalue weighted by atomic mass is 35.5. The van der Waals surface area contributed by atoms with E-state index in [1.165, 1.54) is 18.3 Å². The van der Waals surface area contributed by atoms with Gasteiger partial charge in [-0.05, 0) is 18.2 Å². The van der Waals surface area contributed by atoms with Gasteiger partial charge in [0.1, 0.15) is 11.4 Å². The summed E-state index contributed by atoms with van der Waals surface area (Å²) < 4.78 is 76.8. The molecule has 0 aliphatic carbocycles. The minimum absolute atomic E-state index is 0.0237. The van der Waals surface area contributed by atoms with Crippen molar-refractivity contribution in [2.45, 2.75) is 11.9 Å². The Bertz CT molecular complexity index is 1470. The van der Waals surface area contributed by atoms with E-state index in [2.05, 4.69) is 15.1 Å². The SMILES string of the molecule is Nc1ccc(-c2noc(-c3cn4cc(C(F)(F)F)cc(Cl)c4n3)n2)c(Cl)c1CS(=O)(=O)O. The molecule has 0 aliphatic heterocycles. The summed E-state index contributed by atoms with van der Waals surface area (Å²) in [6, 6.07) is 3.51. The number of nitrogen functional groups attached to an aromatic ring is 1. The molecule has 32 heavy (non-hydrogen) atoms. The third kappa shape index (κ3) is 4.24. The fourth-order valence-corrected chi connectivity index (χ4v) is 4.23. The van der Waals surface area contributed by atoms with E-state index >= 15 is 0 Å². The zero-order valence-corrected chi connectivity index (χ0v) is 17.8. The number of nitrogens with zero attached hydrogens (tertiary/aromatic N) is 4. The predicted molar refractivity (Wildman–Crippen MR) is 109 cm³/mol. The number of hydrogen-bond donors (Lipinski definition) is 2. The molecular weight excluding hydrogens is 498 g/mol. The van der Waals surface area contributed by atoms with Crippen LogP contribution in [0.4, 0.5) is 18.9 Å². The van der Waals surface area contributed by atoms with Crippen molar-refractivity contribution >= 4 is 44.7 Å². The van der Waals surface area contributed by atoms with E-state index in [4.69, 9.17) is 38.0 Å². The number of fused-ring (bicyclic) bond motifs is 1. The number of alkyl halides is 3. The summed E-state index contributed by atoms with van der Waals surface area (Å²) >= 11 is 12.2. The van der Waals surface area contributed by atoms with Crippen molar-refractivity contribution in [2.24, 2.45) is 0 Å². The maximum atomic E-state index is 13.0. The number of anilines is 1. The van der Waals surface area contributed by atoms with Gasteiger partial charge in [-0.25, -0.2) is 4.98 Å². The van der Waals surface area contributed by atoms with Crippen LogP contribution in [-0.4, -0.2) is 32.5 Å². The molecule has 9 nitrogen and oxygen atoms in total. The van der Waals surface area contributed by atoms with Crippen LogP contribution in [0, 0.1) is 0 Å². The summed E-state index contributed by atoms with van der Waals surface area (Å²) in [6.45, 7) is 0. The first-order chi connectivity index (χ1) is 14.8. The van der Waals surface area contributed by atoms with Gasteiger partial charge in [0.15, 0.2) is 5.65 Å². The molecular formula is C17H10Cl2F3N5O4S. The van der Waals surface area contributed by atoms with E-state index in [0.29, 0.717) is 0 Å². The molecule has 4 aromatic rings. The summed E-state index contributed by atoms with van der Waals surface area (Å²) in [5.41, 5.74) is 4.96. The number of pyridine rings is 1. The number of imidazole rings is 1. The smallest absolute Gasteiger partial charge is 0.398 e. The average Bonchev–Trinajstić information content (AvgIpc) is 3.30.